The minimum Gasteiger partial charge on any atom is -0.245 e. The molecule has 2 heteroatoms. The molecule has 1 aliphatic carbocycles. The molecular weight excluding hydrogens is 190 g/mol. The first kappa shape index (κ1) is 10.2. The second-order valence-electron chi connectivity index (χ2n) is 5.00. The number of hydrogen-bond acceptors (Lipinski definition) is 2. The predicted molar refractivity (Wildman–Crippen MR) is 62.0 cm³/mol. The van der Waals surface area contributed by atoms with E-state index in [2.05, 4.69) is 26.2 Å². The zero-order valence-corrected chi connectivity index (χ0v) is 10.2. The molecular formula is C12H19NS. The van der Waals surface area contributed by atoms with Crippen molar-refractivity contribution in [3.05, 3.63) is 16.1 Å². The summed E-state index contributed by atoms with van der Waals surface area (Å²) >= 11 is 1.86. The van der Waals surface area contributed by atoms with Gasteiger partial charge in [0.15, 0.2) is 0 Å². The van der Waals surface area contributed by atoms with Crippen LogP contribution in [0, 0.1) is 0 Å². The Bertz CT molecular complexity index is 308. The summed E-state index contributed by atoms with van der Waals surface area (Å²) in [6.45, 7) is 6.81. The van der Waals surface area contributed by atoms with Crippen molar-refractivity contribution in [3.8, 4) is 0 Å². The van der Waals surface area contributed by atoms with Gasteiger partial charge in [0.05, 0.1) is 10.7 Å². The third-order valence-corrected chi connectivity index (χ3v) is 4.50. The molecule has 0 radical (unpaired) electrons. The lowest BCUT2D eigenvalue weighted by Gasteiger charge is -2.19. The van der Waals surface area contributed by atoms with Crippen LogP contribution in [-0.4, -0.2) is 4.98 Å². The van der Waals surface area contributed by atoms with Crippen LogP contribution >= 0.6 is 11.3 Å². The molecule has 0 spiro atoms. The van der Waals surface area contributed by atoms with E-state index in [1.54, 1.807) is 0 Å². The average Bonchev–Trinajstić information content (AvgIpc) is 2.71. The molecule has 1 aliphatic rings. The molecule has 2 rings (SSSR count). The van der Waals surface area contributed by atoms with Gasteiger partial charge >= 0.3 is 0 Å². The number of thiazole rings is 1. The Morgan fingerprint density at radius 1 is 1.36 bits per heavy atom. The summed E-state index contributed by atoms with van der Waals surface area (Å²) in [5.74, 6) is 0.574. The fourth-order valence-corrected chi connectivity index (χ4v) is 3.40. The molecule has 0 bridgehead atoms. The quantitative estimate of drug-likeness (QED) is 0.714. The van der Waals surface area contributed by atoms with E-state index in [-0.39, 0.29) is 0 Å². The Morgan fingerprint density at radius 2 is 2.00 bits per heavy atom. The van der Waals surface area contributed by atoms with Gasteiger partial charge in [0.25, 0.3) is 0 Å². The zero-order chi connectivity index (χ0) is 10.2. The molecule has 1 fully saturated rings. The maximum atomic E-state index is 4.78. The summed E-state index contributed by atoms with van der Waals surface area (Å²) in [5, 5.41) is 3.61. The Hall–Kier alpha value is -0.370. The maximum absolute atomic E-state index is 4.78. The molecule has 1 nitrogen and oxygen atoms in total. The fraction of sp³-hybridized carbons (Fsp3) is 0.750. The Labute approximate surface area is 90.6 Å². The number of aromatic nitrogens is 1. The second kappa shape index (κ2) is 3.65. The van der Waals surface area contributed by atoms with E-state index in [1.807, 2.05) is 11.3 Å². The third kappa shape index (κ3) is 1.72. The first-order chi connectivity index (χ1) is 6.62. The highest BCUT2D eigenvalue weighted by atomic mass is 32.1. The lowest BCUT2D eigenvalue weighted by molar-refractivity contribution is 0.486. The van der Waals surface area contributed by atoms with Gasteiger partial charge in [-0.2, -0.15) is 0 Å². The average molecular weight is 209 g/mol. The van der Waals surface area contributed by atoms with Gasteiger partial charge in [-0.15, -0.1) is 11.3 Å². The number of nitrogens with zero attached hydrogens (tertiary/aromatic N) is 1. The van der Waals surface area contributed by atoms with Crippen LogP contribution in [0.2, 0.25) is 0 Å². The normalized spacial score (nSPS) is 20.6. The molecule has 1 heterocycles. The topological polar surface area (TPSA) is 12.9 Å². The van der Waals surface area contributed by atoms with Gasteiger partial charge in [-0.25, -0.2) is 4.98 Å². The van der Waals surface area contributed by atoms with Crippen molar-refractivity contribution < 1.29 is 0 Å². The van der Waals surface area contributed by atoms with Gasteiger partial charge in [0, 0.05) is 10.8 Å². The molecule has 14 heavy (non-hydrogen) atoms. The van der Waals surface area contributed by atoms with E-state index in [0.29, 0.717) is 11.3 Å². The molecule has 1 saturated carbocycles. The smallest absolute Gasteiger partial charge is 0.0987 e. The molecule has 0 aliphatic heterocycles. The van der Waals surface area contributed by atoms with Crippen molar-refractivity contribution in [2.45, 2.75) is 57.8 Å². The van der Waals surface area contributed by atoms with Crippen LogP contribution in [0.3, 0.4) is 0 Å². The van der Waals surface area contributed by atoms with Gasteiger partial charge in [0.1, 0.15) is 0 Å². The minimum atomic E-state index is 0.401. The number of hydrogen-bond donors (Lipinski definition) is 0. The van der Waals surface area contributed by atoms with Crippen LogP contribution in [0.5, 0.6) is 0 Å². The Balaban J connectivity index is 2.23. The van der Waals surface area contributed by atoms with Crippen LogP contribution in [0.1, 0.15) is 63.1 Å². The Kier molecular flexibility index (Phi) is 2.65. The third-order valence-electron chi connectivity index (χ3n) is 3.34. The second-order valence-corrected chi connectivity index (χ2v) is 5.86. The van der Waals surface area contributed by atoms with Crippen molar-refractivity contribution in [1.29, 1.82) is 0 Å². The summed E-state index contributed by atoms with van der Waals surface area (Å²) in [6, 6.07) is 0. The van der Waals surface area contributed by atoms with Crippen molar-refractivity contribution >= 4 is 11.3 Å². The molecule has 0 atom stereocenters. The molecule has 0 amide bonds. The summed E-state index contributed by atoms with van der Waals surface area (Å²) < 4.78 is 0. The molecule has 0 saturated heterocycles. The van der Waals surface area contributed by atoms with E-state index in [0.717, 1.165) is 0 Å². The lowest BCUT2D eigenvalue weighted by atomic mass is 9.90. The molecule has 0 aromatic carbocycles. The zero-order valence-electron chi connectivity index (χ0n) is 9.34. The SMILES string of the molecule is CC(C)c1csc(C2(C)CCCC2)n1. The Morgan fingerprint density at radius 3 is 2.50 bits per heavy atom. The summed E-state index contributed by atoms with van der Waals surface area (Å²) in [6.07, 6.45) is 5.43. The highest BCUT2D eigenvalue weighted by molar-refractivity contribution is 7.09. The minimum absolute atomic E-state index is 0.401. The molecule has 1 aromatic rings. The fourth-order valence-electron chi connectivity index (χ4n) is 2.20. The van der Waals surface area contributed by atoms with Crippen molar-refractivity contribution in [1.82, 2.24) is 4.98 Å². The van der Waals surface area contributed by atoms with E-state index in [4.69, 9.17) is 4.98 Å². The molecule has 1 aromatic heterocycles. The van der Waals surface area contributed by atoms with Gasteiger partial charge in [-0.3, -0.25) is 0 Å². The van der Waals surface area contributed by atoms with E-state index in [9.17, 15) is 0 Å². The summed E-state index contributed by atoms with van der Waals surface area (Å²) in [5.41, 5.74) is 1.68. The summed E-state index contributed by atoms with van der Waals surface area (Å²) in [4.78, 5) is 4.78. The van der Waals surface area contributed by atoms with E-state index in [1.165, 1.54) is 36.4 Å². The highest BCUT2D eigenvalue weighted by Crippen LogP contribution is 2.42. The summed E-state index contributed by atoms with van der Waals surface area (Å²) in [7, 11) is 0. The van der Waals surface area contributed by atoms with Gasteiger partial charge in [-0.05, 0) is 18.8 Å². The van der Waals surface area contributed by atoms with Crippen LogP contribution in [0.15, 0.2) is 5.38 Å². The number of rotatable bonds is 2. The van der Waals surface area contributed by atoms with Crippen molar-refractivity contribution in [2.75, 3.05) is 0 Å². The van der Waals surface area contributed by atoms with Crippen LogP contribution in [-0.2, 0) is 5.41 Å². The largest absolute Gasteiger partial charge is 0.245 e. The van der Waals surface area contributed by atoms with Gasteiger partial charge < -0.3 is 0 Å². The maximum Gasteiger partial charge on any atom is 0.0987 e. The van der Waals surface area contributed by atoms with Crippen LogP contribution < -0.4 is 0 Å². The van der Waals surface area contributed by atoms with Crippen LogP contribution in [0.25, 0.3) is 0 Å². The van der Waals surface area contributed by atoms with Gasteiger partial charge in [0.2, 0.25) is 0 Å². The van der Waals surface area contributed by atoms with Gasteiger partial charge in [-0.1, -0.05) is 33.6 Å². The predicted octanol–water partition coefficient (Wildman–Crippen LogP) is 4.10. The standard InChI is InChI=1S/C12H19NS/c1-9(2)10-8-14-11(13-10)12(3)6-4-5-7-12/h8-9H,4-7H2,1-3H3. The first-order valence-electron chi connectivity index (χ1n) is 5.58. The molecule has 0 unspecified atom stereocenters. The molecule has 0 N–H and O–H groups in total. The van der Waals surface area contributed by atoms with E-state index >= 15 is 0 Å². The lowest BCUT2D eigenvalue weighted by Crippen LogP contribution is -2.16. The molecule has 78 valence electrons. The van der Waals surface area contributed by atoms with E-state index < -0.39 is 0 Å². The monoisotopic (exact) mass is 209 g/mol. The highest BCUT2D eigenvalue weighted by Gasteiger charge is 2.33. The van der Waals surface area contributed by atoms with Crippen molar-refractivity contribution in [2.24, 2.45) is 0 Å². The first-order valence-corrected chi connectivity index (χ1v) is 6.46. The van der Waals surface area contributed by atoms with Crippen LogP contribution in [0.4, 0.5) is 0 Å². The van der Waals surface area contributed by atoms with Crippen molar-refractivity contribution in [3.63, 3.8) is 0 Å².